The number of amides is 1. The van der Waals surface area contributed by atoms with Crippen LogP contribution in [0.3, 0.4) is 0 Å². The zero-order chi connectivity index (χ0) is 23.8. The monoisotopic (exact) mass is 519 g/mol. The molecule has 0 spiro atoms. The van der Waals surface area contributed by atoms with Crippen molar-refractivity contribution in [2.45, 2.75) is 17.1 Å². The van der Waals surface area contributed by atoms with Crippen LogP contribution in [0.1, 0.15) is 12.8 Å². The zero-order valence-corrected chi connectivity index (χ0v) is 19.2. The topological polar surface area (TPSA) is 106 Å². The van der Waals surface area contributed by atoms with Crippen LogP contribution in [0.4, 0.5) is 18.3 Å². The summed E-state index contributed by atoms with van der Waals surface area (Å²) in [5, 5.41) is 3.85. The Morgan fingerprint density at radius 2 is 1.94 bits per heavy atom. The van der Waals surface area contributed by atoms with Crippen molar-refractivity contribution < 1.29 is 35.9 Å². The number of ether oxygens (including phenoxy) is 1. The van der Waals surface area contributed by atoms with Gasteiger partial charge in [-0.25, -0.2) is 26.6 Å². The van der Waals surface area contributed by atoms with Gasteiger partial charge in [-0.2, -0.15) is 4.31 Å². The Hall–Kier alpha value is -2.55. The number of carbonyl (C=O) groups excluding carboxylic acids is 2. The molecule has 2 aromatic heterocycles. The van der Waals surface area contributed by atoms with E-state index in [9.17, 15) is 31.2 Å². The number of aromatic nitrogens is 1. The molecular formula is C19H16F3N3O5S3. The van der Waals surface area contributed by atoms with Crippen molar-refractivity contribution in [1.82, 2.24) is 9.29 Å². The highest BCUT2D eigenvalue weighted by Crippen LogP contribution is 2.30. The Bertz CT molecular complexity index is 1300. The summed E-state index contributed by atoms with van der Waals surface area (Å²) in [6.45, 7) is -0.346. The molecule has 0 bridgehead atoms. The molecule has 0 saturated carbocycles. The minimum absolute atomic E-state index is 0.00274. The number of benzene rings is 1. The Morgan fingerprint density at radius 3 is 2.61 bits per heavy atom. The molecule has 14 heteroatoms. The molecule has 176 valence electrons. The lowest BCUT2D eigenvalue weighted by Gasteiger charge is -2.29. The van der Waals surface area contributed by atoms with Gasteiger partial charge in [0.2, 0.25) is 0 Å². The van der Waals surface area contributed by atoms with Crippen molar-refractivity contribution in [2.24, 2.45) is 5.92 Å². The van der Waals surface area contributed by atoms with E-state index in [0.29, 0.717) is 0 Å². The third kappa shape index (κ3) is 4.88. The summed E-state index contributed by atoms with van der Waals surface area (Å²) in [4.78, 5) is 28.1. The summed E-state index contributed by atoms with van der Waals surface area (Å²) in [6, 6.07) is 3.94. The van der Waals surface area contributed by atoms with Crippen molar-refractivity contribution in [3.05, 3.63) is 41.0 Å². The molecular weight excluding hydrogens is 503 g/mol. The number of nitrogens with one attached hydrogen (secondary N) is 1. The summed E-state index contributed by atoms with van der Waals surface area (Å²) < 4.78 is 72.0. The molecule has 3 heterocycles. The molecule has 4 rings (SSSR count). The first-order valence-corrected chi connectivity index (χ1v) is 12.7. The van der Waals surface area contributed by atoms with Crippen LogP contribution in [-0.4, -0.2) is 49.3 Å². The molecule has 3 aromatic rings. The molecule has 1 aromatic carbocycles. The van der Waals surface area contributed by atoms with E-state index in [2.05, 4.69) is 10.3 Å². The van der Waals surface area contributed by atoms with E-state index in [1.165, 1.54) is 10.4 Å². The van der Waals surface area contributed by atoms with Crippen LogP contribution >= 0.6 is 22.7 Å². The molecule has 33 heavy (non-hydrogen) atoms. The standard InChI is InChI=1S/C19H16F3N3O5S3/c20-11-8-12-17(16(22)15(11)21)24-19(32-12)23-13(26)9-30-18(27)10-3-5-25(6-4-10)33(28,29)14-2-1-7-31-14/h1-2,7-8,10H,3-6,9H2,(H,23,24,26). The average molecular weight is 520 g/mol. The Kier molecular flexibility index (Phi) is 6.70. The number of piperidine rings is 1. The summed E-state index contributed by atoms with van der Waals surface area (Å²) in [7, 11) is -3.59. The number of thiophene rings is 1. The fourth-order valence-electron chi connectivity index (χ4n) is 3.31. The van der Waals surface area contributed by atoms with Crippen molar-refractivity contribution >= 4 is 59.9 Å². The van der Waals surface area contributed by atoms with Gasteiger partial charge in [0.05, 0.1) is 10.6 Å². The quantitative estimate of drug-likeness (QED) is 0.396. The SMILES string of the molecule is O=C(COC(=O)C1CCN(S(=O)(=O)c2cccs2)CC1)Nc1nc2c(F)c(F)c(F)cc2s1. The number of fused-ring (bicyclic) bond motifs is 1. The van der Waals surface area contributed by atoms with Crippen LogP contribution in [0.5, 0.6) is 0 Å². The summed E-state index contributed by atoms with van der Waals surface area (Å²) in [5.74, 6) is -6.45. The number of esters is 1. The molecule has 1 N–H and O–H groups in total. The average Bonchev–Trinajstić information content (AvgIpc) is 3.47. The van der Waals surface area contributed by atoms with Crippen molar-refractivity contribution in [3.63, 3.8) is 0 Å². The Labute approximate surface area is 194 Å². The first-order valence-electron chi connectivity index (χ1n) is 9.61. The van der Waals surface area contributed by atoms with Gasteiger partial charge in [-0.1, -0.05) is 17.4 Å². The van der Waals surface area contributed by atoms with Crippen molar-refractivity contribution in [2.75, 3.05) is 25.0 Å². The minimum atomic E-state index is -3.59. The van der Waals surface area contributed by atoms with Gasteiger partial charge in [0.25, 0.3) is 15.9 Å². The Morgan fingerprint density at radius 1 is 1.21 bits per heavy atom. The van der Waals surface area contributed by atoms with Gasteiger partial charge in [0, 0.05) is 13.1 Å². The van der Waals surface area contributed by atoms with Crippen LogP contribution in [0.15, 0.2) is 27.8 Å². The lowest BCUT2D eigenvalue weighted by Crippen LogP contribution is -2.40. The maximum absolute atomic E-state index is 13.8. The molecule has 1 aliphatic rings. The molecule has 1 saturated heterocycles. The number of carbonyl (C=O) groups is 2. The van der Waals surface area contributed by atoms with E-state index in [1.54, 1.807) is 11.4 Å². The smallest absolute Gasteiger partial charge is 0.309 e. The molecule has 0 atom stereocenters. The summed E-state index contributed by atoms with van der Waals surface area (Å²) >= 11 is 1.85. The predicted octanol–water partition coefficient (Wildman–Crippen LogP) is 3.36. The van der Waals surface area contributed by atoms with Gasteiger partial charge in [-0.3, -0.25) is 14.9 Å². The van der Waals surface area contributed by atoms with Gasteiger partial charge < -0.3 is 4.74 Å². The first-order chi connectivity index (χ1) is 15.7. The summed E-state index contributed by atoms with van der Waals surface area (Å²) in [5.41, 5.74) is -0.421. The highest BCUT2D eigenvalue weighted by Gasteiger charge is 2.33. The van der Waals surface area contributed by atoms with Crippen LogP contribution in [-0.2, 0) is 24.3 Å². The number of thiazole rings is 1. The molecule has 0 radical (unpaired) electrons. The highest BCUT2D eigenvalue weighted by molar-refractivity contribution is 7.91. The third-order valence-electron chi connectivity index (χ3n) is 4.99. The number of nitrogens with zero attached hydrogens (tertiary/aromatic N) is 2. The van der Waals surface area contributed by atoms with E-state index in [-0.39, 0.29) is 40.0 Å². The van der Waals surface area contributed by atoms with Gasteiger partial charge in [0.1, 0.15) is 9.73 Å². The first kappa shape index (κ1) is 23.6. The van der Waals surface area contributed by atoms with E-state index in [1.807, 2.05) is 0 Å². The van der Waals surface area contributed by atoms with Gasteiger partial charge in [-0.05, 0) is 30.4 Å². The number of rotatable bonds is 6. The molecule has 1 aliphatic heterocycles. The minimum Gasteiger partial charge on any atom is -0.455 e. The van der Waals surface area contributed by atoms with Crippen molar-refractivity contribution in [3.8, 4) is 0 Å². The Balaban J connectivity index is 1.28. The van der Waals surface area contributed by atoms with Crippen LogP contribution in [0, 0.1) is 23.4 Å². The third-order valence-corrected chi connectivity index (χ3v) is 9.18. The molecule has 1 fully saturated rings. The number of sulfonamides is 1. The maximum Gasteiger partial charge on any atom is 0.309 e. The van der Waals surface area contributed by atoms with Crippen LogP contribution < -0.4 is 5.32 Å². The number of hydrogen-bond acceptors (Lipinski definition) is 8. The van der Waals surface area contributed by atoms with E-state index >= 15 is 0 Å². The predicted molar refractivity (Wildman–Crippen MR) is 115 cm³/mol. The molecule has 0 unspecified atom stereocenters. The van der Waals surface area contributed by atoms with E-state index < -0.39 is 57.4 Å². The lowest BCUT2D eigenvalue weighted by atomic mass is 9.98. The van der Waals surface area contributed by atoms with Crippen molar-refractivity contribution in [1.29, 1.82) is 0 Å². The second-order valence-corrected chi connectivity index (χ2v) is 11.3. The van der Waals surface area contributed by atoms with Gasteiger partial charge in [0.15, 0.2) is 29.2 Å². The highest BCUT2D eigenvalue weighted by atomic mass is 32.2. The largest absolute Gasteiger partial charge is 0.455 e. The van der Waals surface area contributed by atoms with Crippen LogP contribution in [0.2, 0.25) is 0 Å². The maximum atomic E-state index is 13.8. The van der Waals surface area contributed by atoms with Gasteiger partial charge >= 0.3 is 5.97 Å². The molecule has 8 nitrogen and oxygen atoms in total. The second-order valence-electron chi connectivity index (χ2n) is 7.12. The molecule has 0 aliphatic carbocycles. The molecule has 1 amide bonds. The summed E-state index contributed by atoms with van der Waals surface area (Å²) in [6.07, 6.45) is 0.499. The van der Waals surface area contributed by atoms with Crippen LogP contribution in [0.25, 0.3) is 10.2 Å². The normalized spacial score (nSPS) is 15.6. The zero-order valence-electron chi connectivity index (χ0n) is 16.7. The second kappa shape index (κ2) is 9.37. The van der Waals surface area contributed by atoms with Gasteiger partial charge in [-0.15, -0.1) is 11.3 Å². The van der Waals surface area contributed by atoms with E-state index in [0.717, 1.165) is 28.7 Å². The number of halogens is 3. The van der Waals surface area contributed by atoms with E-state index in [4.69, 9.17) is 4.74 Å². The number of anilines is 1. The lowest BCUT2D eigenvalue weighted by molar-refractivity contribution is -0.152. The number of hydrogen-bond donors (Lipinski definition) is 1. The fourth-order valence-corrected chi connectivity index (χ4v) is 6.83. The fraction of sp³-hybridized carbons (Fsp3) is 0.316.